The van der Waals surface area contributed by atoms with Crippen LogP contribution in [0.4, 0.5) is 0 Å². The number of hydrogen-bond acceptors (Lipinski definition) is 5. The van der Waals surface area contributed by atoms with Crippen molar-refractivity contribution in [1.29, 1.82) is 0 Å². The van der Waals surface area contributed by atoms with Gasteiger partial charge < -0.3 is 5.32 Å². The molecule has 2 aromatic carbocycles. The number of thioether (sulfide) groups is 1. The lowest BCUT2D eigenvalue weighted by molar-refractivity contribution is 0.0928. The molecule has 2 aromatic heterocycles. The topological polar surface area (TPSA) is 81.3 Å². The van der Waals surface area contributed by atoms with Crippen molar-refractivity contribution in [2.75, 3.05) is 0 Å². The van der Waals surface area contributed by atoms with Crippen molar-refractivity contribution in [1.82, 2.24) is 24.5 Å². The van der Waals surface area contributed by atoms with Crippen LogP contribution in [0.25, 0.3) is 16.7 Å². The fraction of sp³-hybridized carbons (Fsp3) is 0.407. The van der Waals surface area contributed by atoms with E-state index < -0.39 is 0 Å². The first-order valence-electron chi connectivity index (χ1n) is 12.5. The lowest BCUT2D eigenvalue weighted by Crippen LogP contribution is -2.36. The molecule has 1 N–H and O–H groups in total. The van der Waals surface area contributed by atoms with Gasteiger partial charge in [-0.3, -0.25) is 18.6 Å². The van der Waals surface area contributed by atoms with E-state index in [1.165, 1.54) is 17.5 Å². The van der Waals surface area contributed by atoms with Gasteiger partial charge in [0, 0.05) is 23.9 Å². The Kier molecular flexibility index (Phi) is 6.90. The van der Waals surface area contributed by atoms with Gasteiger partial charge in [-0.15, -0.1) is 10.2 Å². The number of aryl methyl sites for hydroxylation is 2. The van der Waals surface area contributed by atoms with E-state index in [-0.39, 0.29) is 17.5 Å². The van der Waals surface area contributed by atoms with Crippen molar-refractivity contribution in [2.24, 2.45) is 0 Å². The lowest BCUT2D eigenvalue weighted by Gasteiger charge is -2.22. The molecular weight excluding hydrogens is 458 g/mol. The van der Waals surface area contributed by atoms with Crippen LogP contribution in [-0.2, 0) is 12.3 Å². The largest absolute Gasteiger partial charge is 0.349 e. The second kappa shape index (κ2) is 10.2. The van der Waals surface area contributed by atoms with Crippen LogP contribution in [0.3, 0.4) is 0 Å². The van der Waals surface area contributed by atoms with Gasteiger partial charge in [0.25, 0.3) is 11.5 Å². The van der Waals surface area contributed by atoms with Crippen LogP contribution >= 0.6 is 11.8 Å². The molecule has 35 heavy (non-hydrogen) atoms. The maximum Gasteiger partial charge on any atom is 0.262 e. The van der Waals surface area contributed by atoms with Gasteiger partial charge in [0.05, 0.1) is 10.9 Å². The first-order valence-corrected chi connectivity index (χ1v) is 13.4. The third-order valence-electron chi connectivity index (χ3n) is 6.84. The molecule has 0 spiro atoms. The summed E-state index contributed by atoms with van der Waals surface area (Å²) in [7, 11) is 0. The second-order valence-corrected chi connectivity index (χ2v) is 10.3. The SMILES string of the molecule is CCCn1c(=O)c2ccc(C(=O)NC3CCCCC3)cc2n2c(SCc3ccccc3C)nnc12. The monoisotopic (exact) mass is 489 g/mol. The minimum Gasteiger partial charge on any atom is -0.349 e. The molecule has 5 rings (SSSR count). The second-order valence-electron chi connectivity index (χ2n) is 9.33. The van der Waals surface area contributed by atoms with Gasteiger partial charge in [-0.05, 0) is 55.5 Å². The number of nitrogens with zero attached hydrogens (tertiary/aromatic N) is 4. The summed E-state index contributed by atoms with van der Waals surface area (Å²) in [5, 5.41) is 13.3. The summed E-state index contributed by atoms with van der Waals surface area (Å²) in [6.45, 7) is 4.70. The quantitative estimate of drug-likeness (QED) is 0.365. The first kappa shape index (κ1) is 23.6. The maximum atomic E-state index is 13.3. The molecule has 1 amide bonds. The van der Waals surface area contributed by atoms with E-state index >= 15 is 0 Å². The average Bonchev–Trinajstić information content (AvgIpc) is 3.30. The van der Waals surface area contributed by atoms with Crippen LogP contribution in [0.1, 0.15) is 66.9 Å². The summed E-state index contributed by atoms with van der Waals surface area (Å²) >= 11 is 1.59. The van der Waals surface area contributed by atoms with E-state index in [1.807, 2.05) is 29.5 Å². The zero-order chi connectivity index (χ0) is 24.4. The molecule has 0 aliphatic heterocycles. The molecule has 0 atom stereocenters. The molecular formula is C27H31N5O2S. The molecule has 7 nitrogen and oxygen atoms in total. The standard InChI is InChI=1S/C27H31N5O2S/c1-3-15-31-25(34)22-14-13-19(24(33)28-21-11-5-4-6-12-21)16-23(22)32-26(31)29-30-27(32)35-17-20-10-8-7-9-18(20)2/h7-10,13-14,16,21H,3-6,11-12,15,17H2,1-2H3,(H,28,33). The Labute approximate surface area is 208 Å². The number of carbonyl (C=O) groups excluding carboxylic acids is 1. The normalized spacial score (nSPS) is 14.6. The molecule has 0 saturated heterocycles. The highest BCUT2D eigenvalue weighted by Gasteiger charge is 2.20. The molecule has 8 heteroatoms. The third kappa shape index (κ3) is 4.72. The zero-order valence-corrected chi connectivity index (χ0v) is 21.1. The first-order chi connectivity index (χ1) is 17.1. The Bertz CT molecular complexity index is 1440. The van der Waals surface area contributed by atoms with Crippen LogP contribution < -0.4 is 10.9 Å². The van der Waals surface area contributed by atoms with Crippen molar-refractivity contribution in [2.45, 2.75) is 75.9 Å². The highest BCUT2D eigenvalue weighted by Crippen LogP contribution is 2.26. The fourth-order valence-electron chi connectivity index (χ4n) is 4.87. The summed E-state index contributed by atoms with van der Waals surface area (Å²) in [5.41, 5.74) is 3.58. The molecule has 182 valence electrons. The molecule has 1 saturated carbocycles. The van der Waals surface area contributed by atoms with Gasteiger partial charge in [0.2, 0.25) is 5.78 Å². The smallest absolute Gasteiger partial charge is 0.262 e. The molecule has 4 aromatic rings. The van der Waals surface area contributed by atoms with Crippen LogP contribution in [-0.4, -0.2) is 31.1 Å². The molecule has 1 aliphatic carbocycles. The number of carbonyl (C=O) groups is 1. The Morgan fingerprint density at radius 3 is 2.69 bits per heavy atom. The van der Waals surface area contributed by atoms with E-state index in [9.17, 15) is 9.59 Å². The van der Waals surface area contributed by atoms with E-state index in [1.54, 1.807) is 28.5 Å². The van der Waals surface area contributed by atoms with Crippen LogP contribution in [0.5, 0.6) is 0 Å². The van der Waals surface area contributed by atoms with Gasteiger partial charge in [-0.25, -0.2) is 0 Å². The Morgan fingerprint density at radius 2 is 1.91 bits per heavy atom. The molecule has 0 unspecified atom stereocenters. The number of benzene rings is 2. The van der Waals surface area contributed by atoms with Gasteiger partial charge >= 0.3 is 0 Å². The Morgan fingerprint density at radius 1 is 1.11 bits per heavy atom. The van der Waals surface area contributed by atoms with E-state index in [4.69, 9.17) is 0 Å². The van der Waals surface area contributed by atoms with Crippen molar-refractivity contribution in [3.8, 4) is 0 Å². The summed E-state index contributed by atoms with van der Waals surface area (Å²) < 4.78 is 3.63. The van der Waals surface area contributed by atoms with Crippen molar-refractivity contribution < 1.29 is 4.79 Å². The van der Waals surface area contributed by atoms with Crippen molar-refractivity contribution in [3.05, 3.63) is 69.5 Å². The van der Waals surface area contributed by atoms with Crippen molar-refractivity contribution in [3.63, 3.8) is 0 Å². The van der Waals surface area contributed by atoms with E-state index in [0.717, 1.165) is 37.9 Å². The number of fused-ring (bicyclic) bond motifs is 3. The lowest BCUT2D eigenvalue weighted by atomic mass is 9.95. The Balaban J connectivity index is 1.58. The number of rotatable bonds is 7. The van der Waals surface area contributed by atoms with Gasteiger partial charge in [0.1, 0.15) is 0 Å². The maximum absolute atomic E-state index is 13.3. The summed E-state index contributed by atoms with van der Waals surface area (Å²) in [5.74, 6) is 1.16. The highest BCUT2D eigenvalue weighted by atomic mass is 32.2. The van der Waals surface area contributed by atoms with E-state index in [2.05, 4.69) is 34.6 Å². The van der Waals surface area contributed by atoms with Gasteiger partial charge in [0.15, 0.2) is 5.16 Å². The van der Waals surface area contributed by atoms with Gasteiger partial charge in [-0.1, -0.05) is 62.2 Å². The fourth-order valence-corrected chi connectivity index (χ4v) is 5.89. The average molecular weight is 490 g/mol. The summed E-state index contributed by atoms with van der Waals surface area (Å²) in [6.07, 6.45) is 6.40. The Hall–Kier alpha value is -3.13. The summed E-state index contributed by atoms with van der Waals surface area (Å²) in [4.78, 5) is 26.4. The van der Waals surface area contributed by atoms with E-state index in [0.29, 0.717) is 33.9 Å². The molecule has 0 radical (unpaired) electrons. The minimum atomic E-state index is -0.101. The summed E-state index contributed by atoms with van der Waals surface area (Å²) in [6, 6.07) is 13.9. The molecule has 1 fully saturated rings. The third-order valence-corrected chi connectivity index (χ3v) is 7.82. The molecule has 2 heterocycles. The molecule has 0 bridgehead atoms. The predicted octanol–water partition coefficient (Wildman–Crippen LogP) is 5.12. The van der Waals surface area contributed by atoms with Crippen molar-refractivity contribution >= 4 is 34.3 Å². The van der Waals surface area contributed by atoms with Crippen LogP contribution in [0.15, 0.2) is 52.4 Å². The number of hydrogen-bond donors (Lipinski definition) is 1. The molecule has 1 aliphatic rings. The minimum absolute atomic E-state index is 0.0909. The number of amides is 1. The number of nitrogens with one attached hydrogen (secondary N) is 1. The van der Waals surface area contributed by atoms with Crippen LogP contribution in [0.2, 0.25) is 0 Å². The van der Waals surface area contributed by atoms with Crippen LogP contribution in [0, 0.1) is 6.92 Å². The predicted molar refractivity (Wildman–Crippen MR) is 140 cm³/mol. The van der Waals surface area contributed by atoms with Gasteiger partial charge in [-0.2, -0.15) is 0 Å². The highest BCUT2D eigenvalue weighted by molar-refractivity contribution is 7.98. The zero-order valence-electron chi connectivity index (χ0n) is 20.3. The number of aromatic nitrogens is 4.